The number of ketones is 2. The molecular formula is C9H10O5. The van der Waals surface area contributed by atoms with E-state index in [9.17, 15) is 14.7 Å². The number of methoxy groups -OCH3 is 2. The molecule has 0 atom stereocenters. The molecule has 1 aliphatic rings. The molecule has 0 saturated carbocycles. The zero-order valence-electron chi connectivity index (χ0n) is 8.08. The summed E-state index contributed by atoms with van der Waals surface area (Å²) in [5, 5.41) is 9.29. The van der Waals surface area contributed by atoms with Gasteiger partial charge in [0.15, 0.2) is 5.76 Å². The van der Waals surface area contributed by atoms with E-state index < -0.39 is 17.3 Å². The average Bonchev–Trinajstić information content (AvgIpc) is 2.16. The number of ether oxygens (including phenoxy) is 2. The molecule has 1 rings (SSSR count). The Labute approximate surface area is 80.6 Å². The first-order valence-electron chi connectivity index (χ1n) is 3.86. The number of aliphatic hydroxyl groups is 1. The second-order valence-corrected chi connectivity index (χ2v) is 2.70. The van der Waals surface area contributed by atoms with Gasteiger partial charge in [0.25, 0.3) is 5.78 Å². The van der Waals surface area contributed by atoms with E-state index in [0.29, 0.717) is 0 Å². The summed E-state index contributed by atoms with van der Waals surface area (Å²) in [4.78, 5) is 22.8. The van der Waals surface area contributed by atoms with E-state index >= 15 is 0 Å². The molecule has 0 aliphatic heterocycles. The number of rotatable bonds is 2. The molecule has 0 saturated heterocycles. The van der Waals surface area contributed by atoms with Crippen LogP contribution < -0.4 is 0 Å². The van der Waals surface area contributed by atoms with Gasteiger partial charge in [-0.3, -0.25) is 9.59 Å². The number of allylic oxidation sites excluding steroid dienone is 1. The molecule has 0 unspecified atom stereocenters. The zero-order chi connectivity index (χ0) is 10.9. The highest BCUT2D eigenvalue weighted by molar-refractivity contribution is 6.22. The highest BCUT2D eigenvalue weighted by Crippen LogP contribution is 2.23. The van der Waals surface area contributed by atoms with Gasteiger partial charge in [0.2, 0.25) is 17.3 Å². The maximum absolute atomic E-state index is 11.5. The first kappa shape index (κ1) is 10.3. The Morgan fingerprint density at radius 3 is 1.93 bits per heavy atom. The van der Waals surface area contributed by atoms with E-state index in [1.54, 1.807) is 0 Å². The predicted molar refractivity (Wildman–Crippen MR) is 46.4 cm³/mol. The van der Waals surface area contributed by atoms with Gasteiger partial charge in [-0.15, -0.1) is 0 Å². The van der Waals surface area contributed by atoms with Crippen molar-refractivity contribution in [2.75, 3.05) is 14.2 Å². The van der Waals surface area contributed by atoms with Crippen LogP contribution in [0.4, 0.5) is 0 Å². The highest BCUT2D eigenvalue weighted by Gasteiger charge is 2.34. The lowest BCUT2D eigenvalue weighted by atomic mass is 10.00. The van der Waals surface area contributed by atoms with Gasteiger partial charge >= 0.3 is 0 Å². The van der Waals surface area contributed by atoms with Crippen molar-refractivity contribution in [1.82, 2.24) is 0 Å². The van der Waals surface area contributed by atoms with Crippen molar-refractivity contribution in [2.45, 2.75) is 6.92 Å². The Hall–Kier alpha value is -1.78. The van der Waals surface area contributed by atoms with Crippen LogP contribution in [0.5, 0.6) is 0 Å². The lowest BCUT2D eigenvalue weighted by Gasteiger charge is -2.16. The number of aliphatic hydroxyl groups excluding tert-OH is 1. The van der Waals surface area contributed by atoms with Crippen molar-refractivity contribution in [3.05, 3.63) is 22.9 Å². The van der Waals surface area contributed by atoms with Gasteiger partial charge in [-0.25, -0.2) is 0 Å². The fraction of sp³-hybridized carbons (Fsp3) is 0.333. The predicted octanol–water partition coefficient (Wildman–Crippen LogP) is 0.475. The number of hydrogen-bond donors (Lipinski definition) is 1. The molecule has 1 aliphatic carbocycles. The van der Waals surface area contributed by atoms with Crippen LogP contribution in [0.1, 0.15) is 6.92 Å². The second-order valence-electron chi connectivity index (χ2n) is 2.70. The molecule has 76 valence electrons. The highest BCUT2D eigenvalue weighted by atomic mass is 16.5. The average molecular weight is 198 g/mol. The van der Waals surface area contributed by atoms with Crippen LogP contribution in [0.3, 0.4) is 0 Å². The first-order valence-corrected chi connectivity index (χ1v) is 3.86. The van der Waals surface area contributed by atoms with Crippen LogP contribution >= 0.6 is 0 Å². The number of hydrogen-bond acceptors (Lipinski definition) is 5. The molecule has 14 heavy (non-hydrogen) atoms. The lowest BCUT2D eigenvalue weighted by Crippen LogP contribution is -2.24. The summed E-state index contributed by atoms with van der Waals surface area (Å²) in [6, 6.07) is 0. The van der Waals surface area contributed by atoms with Gasteiger partial charge in [0.1, 0.15) is 0 Å². The SMILES string of the molecule is COC1=C(C)C(=O)C(O)=C(OC)C1=O. The van der Waals surface area contributed by atoms with Crippen LogP contribution in [0.2, 0.25) is 0 Å². The Kier molecular flexibility index (Phi) is 2.60. The van der Waals surface area contributed by atoms with E-state index in [-0.39, 0.29) is 17.1 Å². The lowest BCUT2D eigenvalue weighted by molar-refractivity contribution is -0.123. The van der Waals surface area contributed by atoms with Crippen LogP contribution in [0.25, 0.3) is 0 Å². The number of carbonyl (C=O) groups is 2. The molecule has 0 spiro atoms. The molecule has 0 aromatic heterocycles. The number of carbonyl (C=O) groups excluding carboxylic acids is 2. The van der Waals surface area contributed by atoms with E-state index in [1.807, 2.05) is 0 Å². The monoisotopic (exact) mass is 198 g/mol. The van der Waals surface area contributed by atoms with Crippen molar-refractivity contribution in [2.24, 2.45) is 0 Å². The summed E-state index contributed by atoms with van der Waals surface area (Å²) in [6.45, 7) is 1.40. The van der Waals surface area contributed by atoms with Crippen molar-refractivity contribution in [3.8, 4) is 0 Å². The molecule has 0 aromatic carbocycles. The Morgan fingerprint density at radius 1 is 1.00 bits per heavy atom. The quantitative estimate of drug-likeness (QED) is 0.653. The molecular weight excluding hydrogens is 188 g/mol. The minimum absolute atomic E-state index is 0.0794. The van der Waals surface area contributed by atoms with Gasteiger partial charge in [-0.2, -0.15) is 0 Å². The second kappa shape index (κ2) is 3.53. The molecule has 0 heterocycles. The minimum Gasteiger partial charge on any atom is -0.501 e. The molecule has 0 bridgehead atoms. The van der Waals surface area contributed by atoms with E-state index in [4.69, 9.17) is 4.74 Å². The molecule has 1 N–H and O–H groups in total. The van der Waals surface area contributed by atoms with Gasteiger partial charge in [0.05, 0.1) is 14.2 Å². The summed E-state index contributed by atoms with van der Waals surface area (Å²) in [6.07, 6.45) is 0. The zero-order valence-corrected chi connectivity index (χ0v) is 8.08. The van der Waals surface area contributed by atoms with Gasteiger partial charge in [0, 0.05) is 5.57 Å². The van der Waals surface area contributed by atoms with E-state index in [0.717, 1.165) is 0 Å². The third-order valence-electron chi connectivity index (χ3n) is 1.93. The fourth-order valence-corrected chi connectivity index (χ4v) is 1.20. The normalized spacial score (nSPS) is 17.6. The van der Waals surface area contributed by atoms with Crippen LogP contribution in [0, 0.1) is 0 Å². The molecule has 0 radical (unpaired) electrons. The van der Waals surface area contributed by atoms with Crippen LogP contribution in [0.15, 0.2) is 22.9 Å². The molecule has 5 heteroatoms. The van der Waals surface area contributed by atoms with E-state index in [1.165, 1.54) is 21.1 Å². The van der Waals surface area contributed by atoms with Crippen molar-refractivity contribution in [1.29, 1.82) is 0 Å². The van der Waals surface area contributed by atoms with Crippen molar-refractivity contribution < 1.29 is 24.2 Å². The summed E-state index contributed by atoms with van der Waals surface area (Å²) in [5.74, 6) is -2.42. The molecule has 0 fully saturated rings. The van der Waals surface area contributed by atoms with Crippen molar-refractivity contribution in [3.63, 3.8) is 0 Å². The summed E-state index contributed by atoms with van der Waals surface area (Å²) < 4.78 is 9.36. The largest absolute Gasteiger partial charge is 0.501 e. The smallest absolute Gasteiger partial charge is 0.266 e. The third-order valence-corrected chi connectivity index (χ3v) is 1.93. The fourth-order valence-electron chi connectivity index (χ4n) is 1.20. The van der Waals surface area contributed by atoms with Crippen molar-refractivity contribution >= 4 is 11.6 Å². The molecule has 0 aromatic rings. The topological polar surface area (TPSA) is 72.8 Å². The third kappa shape index (κ3) is 1.26. The molecule has 5 nitrogen and oxygen atoms in total. The Morgan fingerprint density at radius 2 is 1.50 bits per heavy atom. The van der Waals surface area contributed by atoms with Gasteiger partial charge < -0.3 is 14.6 Å². The van der Waals surface area contributed by atoms with Gasteiger partial charge in [-0.1, -0.05) is 0 Å². The Balaban J connectivity index is 3.29. The molecule has 0 amide bonds. The Bertz CT molecular complexity index is 329. The number of Topliss-reactive ketones (excluding diaryl/α,β-unsaturated/α-hetero) is 2. The van der Waals surface area contributed by atoms with Crippen LogP contribution in [-0.4, -0.2) is 30.9 Å². The standard InChI is InChI=1S/C9H10O5/c1-4-5(10)6(11)9(14-3)7(12)8(4)13-2/h11H,1-3H3. The summed E-state index contributed by atoms with van der Waals surface area (Å²) >= 11 is 0. The van der Waals surface area contributed by atoms with Crippen LogP contribution in [-0.2, 0) is 19.1 Å². The first-order chi connectivity index (χ1) is 6.54. The summed E-state index contributed by atoms with van der Waals surface area (Å²) in [7, 11) is 2.48. The maximum atomic E-state index is 11.5. The van der Waals surface area contributed by atoms with E-state index in [2.05, 4.69) is 4.74 Å². The van der Waals surface area contributed by atoms with Gasteiger partial charge in [-0.05, 0) is 6.92 Å². The maximum Gasteiger partial charge on any atom is 0.266 e. The minimum atomic E-state index is -0.671. The summed E-state index contributed by atoms with van der Waals surface area (Å²) in [5.41, 5.74) is 0.0794.